The van der Waals surface area contributed by atoms with E-state index >= 15 is 0 Å². The van der Waals surface area contributed by atoms with Crippen LogP contribution in [0, 0.1) is 5.92 Å². The topological polar surface area (TPSA) is 125 Å². The predicted octanol–water partition coefficient (Wildman–Crippen LogP) is 5.35. The molecule has 44 heavy (non-hydrogen) atoms. The Kier molecular flexibility index (Phi) is 13.4. The fourth-order valence-electron chi connectivity index (χ4n) is 4.91. The van der Waals surface area contributed by atoms with Crippen molar-refractivity contribution in [2.75, 3.05) is 27.5 Å². The molecule has 1 rings (SSSR count). The highest BCUT2D eigenvalue weighted by atomic mass is 32.2. The molecular weight excluding hydrogens is 582 g/mol. The van der Waals surface area contributed by atoms with E-state index in [9.17, 15) is 24.3 Å². The number of hydrogen-bond donors (Lipinski definition) is 2. The zero-order valence-electron chi connectivity index (χ0n) is 28.9. The average Bonchev–Trinajstić information content (AvgIpc) is 2.92. The Balaban J connectivity index is 3.71. The summed E-state index contributed by atoms with van der Waals surface area (Å²) >= 11 is 1.41. The number of nitrogens with zero attached hydrogens (tertiary/aromatic N) is 2. The summed E-state index contributed by atoms with van der Waals surface area (Å²) in [4.78, 5) is 56.3. The number of ether oxygens (including phenoxy) is 2. The number of carbonyl (C=O) groups is 4. The zero-order chi connectivity index (χ0) is 34.4. The number of likely N-dealkylation sites (N-methyl/N-ethyl adjacent to an activating group) is 2. The smallest absolute Gasteiger partial charge is 0.410 e. The van der Waals surface area contributed by atoms with Crippen molar-refractivity contribution in [3.8, 4) is 5.75 Å². The SMILES string of the molecule is COc1ccc(C(C)(C)[C@@H](C(=O)N[C@H](C(=O)N(C)[C@H](/C=C(\C)C(=O)O)C(C)C)C(C)(C)SC)N(C)C(=O)OC(C)(C)C)cc1. The van der Waals surface area contributed by atoms with Crippen LogP contribution >= 0.6 is 11.8 Å². The molecule has 248 valence electrons. The quantitative estimate of drug-likeness (QED) is 0.278. The van der Waals surface area contributed by atoms with Crippen LogP contribution in [-0.4, -0.2) is 94.7 Å². The van der Waals surface area contributed by atoms with Gasteiger partial charge in [-0.25, -0.2) is 9.59 Å². The molecule has 0 bridgehead atoms. The Morgan fingerprint density at radius 3 is 1.89 bits per heavy atom. The van der Waals surface area contributed by atoms with Crippen molar-refractivity contribution in [2.45, 2.75) is 103 Å². The van der Waals surface area contributed by atoms with Gasteiger partial charge in [-0.05, 0) is 71.4 Å². The Labute approximate surface area is 267 Å². The van der Waals surface area contributed by atoms with Crippen molar-refractivity contribution in [3.05, 3.63) is 41.5 Å². The zero-order valence-corrected chi connectivity index (χ0v) is 29.7. The van der Waals surface area contributed by atoms with Gasteiger partial charge in [0, 0.05) is 29.8 Å². The molecule has 0 heterocycles. The van der Waals surface area contributed by atoms with Gasteiger partial charge in [0.15, 0.2) is 0 Å². The maximum Gasteiger partial charge on any atom is 0.410 e. The molecule has 3 atom stereocenters. The van der Waals surface area contributed by atoms with Crippen LogP contribution in [-0.2, 0) is 24.5 Å². The third-order valence-electron chi connectivity index (χ3n) is 7.83. The summed E-state index contributed by atoms with van der Waals surface area (Å²) in [6.45, 7) is 18.0. The molecule has 11 heteroatoms. The number of thioether (sulfide) groups is 1. The number of carboxylic acids is 1. The lowest BCUT2D eigenvalue weighted by molar-refractivity contribution is -0.139. The number of carboxylic acid groups (broad SMARTS) is 1. The van der Waals surface area contributed by atoms with Gasteiger partial charge in [0.05, 0.1) is 13.2 Å². The van der Waals surface area contributed by atoms with Gasteiger partial charge in [0.25, 0.3) is 0 Å². The largest absolute Gasteiger partial charge is 0.497 e. The molecule has 0 aliphatic carbocycles. The van der Waals surface area contributed by atoms with Crippen LogP contribution in [0.3, 0.4) is 0 Å². The number of carbonyl (C=O) groups excluding carboxylic acids is 3. The standard InChI is InChI=1S/C33H53N3O7S/c1-20(2)24(19-21(3)29(39)40)35(11)28(38)25(33(9,10)44-14)34-27(37)26(36(12)30(41)43-31(4,5)6)32(7,8)22-15-17-23(42-13)18-16-22/h15-20,24-26H,1-14H3,(H,34,37)(H,39,40)/b21-19+/t24-,25-,26-/m1/s1. The molecule has 1 aromatic carbocycles. The summed E-state index contributed by atoms with van der Waals surface area (Å²) in [6.07, 6.45) is 2.73. The number of nitrogens with one attached hydrogen (secondary N) is 1. The summed E-state index contributed by atoms with van der Waals surface area (Å²) < 4.78 is 10.2. The maximum absolute atomic E-state index is 14.4. The van der Waals surface area contributed by atoms with Gasteiger partial charge in [-0.3, -0.25) is 14.5 Å². The summed E-state index contributed by atoms with van der Waals surface area (Å²) in [7, 11) is 4.69. The molecule has 0 aliphatic rings. The van der Waals surface area contributed by atoms with Crippen LogP contribution in [0.25, 0.3) is 0 Å². The highest BCUT2D eigenvalue weighted by Gasteiger charge is 2.46. The Morgan fingerprint density at radius 1 is 0.955 bits per heavy atom. The molecule has 0 aromatic heterocycles. The van der Waals surface area contributed by atoms with E-state index in [4.69, 9.17) is 9.47 Å². The molecule has 0 saturated carbocycles. The van der Waals surface area contributed by atoms with Crippen molar-refractivity contribution in [3.63, 3.8) is 0 Å². The van der Waals surface area contributed by atoms with E-state index in [1.54, 1.807) is 53.1 Å². The molecular formula is C33H53N3O7S. The summed E-state index contributed by atoms with van der Waals surface area (Å²) in [5.41, 5.74) is -0.848. The number of rotatable bonds is 13. The first-order valence-corrected chi connectivity index (χ1v) is 15.9. The van der Waals surface area contributed by atoms with Crippen molar-refractivity contribution < 1.29 is 33.8 Å². The summed E-state index contributed by atoms with van der Waals surface area (Å²) in [5, 5.41) is 12.5. The molecule has 0 spiro atoms. The van der Waals surface area contributed by atoms with Crippen molar-refractivity contribution >= 4 is 35.6 Å². The summed E-state index contributed by atoms with van der Waals surface area (Å²) in [5.74, 6) is -1.45. The van der Waals surface area contributed by atoms with Crippen LogP contribution in [0.1, 0.15) is 74.8 Å². The van der Waals surface area contributed by atoms with Gasteiger partial charge in [-0.15, -0.1) is 0 Å². The Hall–Kier alpha value is -3.21. The lowest BCUT2D eigenvalue weighted by atomic mass is 9.76. The van der Waals surface area contributed by atoms with Crippen LogP contribution in [0.15, 0.2) is 35.9 Å². The van der Waals surface area contributed by atoms with Gasteiger partial charge >= 0.3 is 12.1 Å². The Bertz CT molecular complexity index is 1200. The second kappa shape index (κ2) is 15.2. The normalized spacial score (nSPS) is 14.8. The van der Waals surface area contributed by atoms with E-state index < -0.39 is 51.9 Å². The first-order valence-electron chi connectivity index (χ1n) is 14.7. The van der Waals surface area contributed by atoms with Crippen LogP contribution < -0.4 is 10.1 Å². The molecule has 10 nitrogen and oxygen atoms in total. The van der Waals surface area contributed by atoms with Gasteiger partial charge in [-0.2, -0.15) is 11.8 Å². The first-order chi connectivity index (χ1) is 20.0. The molecule has 0 radical (unpaired) electrons. The third kappa shape index (κ3) is 9.90. The minimum Gasteiger partial charge on any atom is -0.497 e. The van der Waals surface area contributed by atoms with Crippen molar-refractivity contribution in [2.24, 2.45) is 5.92 Å². The number of amides is 3. The van der Waals surface area contributed by atoms with E-state index in [1.165, 1.54) is 35.5 Å². The van der Waals surface area contributed by atoms with Crippen molar-refractivity contribution in [1.82, 2.24) is 15.1 Å². The van der Waals surface area contributed by atoms with Crippen molar-refractivity contribution in [1.29, 1.82) is 0 Å². The van der Waals surface area contributed by atoms with Gasteiger partial charge < -0.3 is 24.8 Å². The van der Waals surface area contributed by atoms with Gasteiger partial charge in [0.1, 0.15) is 23.4 Å². The van der Waals surface area contributed by atoms with E-state index in [0.717, 1.165) is 5.56 Å². The second-order valence-corrected chi connectivity index (χ2v) is 15.0. The van der Waals surface area contributed by atoms with E-state index in [-0.39, 0.29) is 17.4 Å². The minimum atomic E-state index is -1.08. The monoisotopic (exact) mass is 635 g/mol. The summed E-state index contributed by atoms with van der Waals surface area (Å²) in [6, 6.07) is 4.62. The first kappa shape index (κ1) is 38.8. The van der Waals surface area contributed by atoms with Gasteiger partial charge in [0.2, 0.25) is 11.8 Å². The van der Waals surface area contributed by atoms with Crippen LogP contribution in [0.4, 0.5) is 4.79 Å². The average molecular weight is 636 g/mol. The molecule has 0 unspecified atom stereocenters. The Morgan fingerprint density at radius 2 is 1.48 bits per heavy atom. The van der Waals surface area contributed by atoms with Crippen LogP contribution in [0.5, 0.6) is 5.75 Å². The molecule has 1 aromatic rings. The molecule has 0 fully saturated rings. The third-order valence-corrected chi connectivity index (χ3v) is 9.11. The second-order valence-electron chi connectivity index (χ2n) is 13.5. The lowest BCUT2D eigenvalue weighted by Crippen LogP contribution is -2.64. The predicted molar refractivity (Wildman–Crippen MR) is 176 cm³/mol. The van der Waals surface area contributed by atoms with Crippen LogP contribution in [0.2, 0.25) is 0 Å². The highest BCUT2D eigenvalue weighted by Crippen LogP contribution is 2.34. The lowest BCUT2D eigenvalue weighted by Gasteiger charge is -2.43. The molecule has 0 saturated heterocycles. The highest BCUT2D eigenvalue weighted by molar-refractivity contribution is 8.00. The van der Waals surface area contributed by atoms with Gasteiger partial charge in [-0.1, -0.05) is 45.9 Å². The minimum absolute atomic E-state index is 0.105. The molecule has 2 N–H and O–H groups in total. The van der Waals surface area contributed by atoms with E-state index in [1.807, 2.05) is 59.9 Å². The number of methoxy groups -OCH3 is 1. The van der Waals surface area contributed by atoms with E-state index in [2.05, 4.69) is 5.32 Å². The number of hydrogen-bond acceptors (Lipinski definition) is 7. The fourth-order valence-corrected chi connectivity index (χ4v) is 5.30. The molecule has 3 amide bonds. The molecule has 0 aliphatic heterocycles. The fraction of sp³-hybridized carbons (Fsp3) is 0.636. The number of aliphatic carboxylic acids is 1. The van der Waals surface area contributed by atoms with E-state index in [0.29, 0.717) is 5.75 Å². The number of benzene rings is 1. The maximum atomic E-state index is 14.4.